The third kappa shape index (κ3) is 11.9. The number of rotatable bonds is 8. The zero-order valence-corrected chi connectivity index (χ0v) is 13.4. The maximum absolute atomic E-state index is 10.9. The molecule has 1 saturated heterocycles. The van der Waals surface area contributed by atoms with Crippen LogP contribution in [0.2, 0.25) is 0 Å². The quantitative estimate of drug-likeness (QED) is 0.411. The van der Waals surface area contributed by atoms with Gasteiger partial charge in [-0.2, -0.15) is 0 Å². The van der Waals surface area contributed by atoms with Crippen molar-refractivity contribution >= 4 is 17.9 Å². The van der Waals surface area contributed by atoms with Gasteiger partial charge in [0.15, 0.2) is 0 Å². The Labute approximate surface area is 135 Å². The van der Waals surface area contributed by atoms with Gasteiger partial charge in [0.05, 0.1) is 13.2 Å². The van der Waals surface area contributed by atoms with Gasteiger partial charge in [-0.15, -0.1) is 0 Å². The van der Waals surface area contributed by atoms with Crippen molar-refractivity contribution in [3.8, 4) is 0 Å². The first kappa shape index (κ1) is 20.6. The van der Waals surface area contributed by atoms with Crippen molar-refractivity contribution in [3.63, 3.8) is 0 Å². The number of ether oxygens (including phenoxy) is 3. The van der Waals surface area contributed by atoms with Crippen molar-refractivity contribution in [1.29, 1.82) is 0 Å². The molecule has 0 saturated carbocycles. The molecule has 0 aliphatic carbocycles. The summed E-state index contributed by atoms with van der Waals surface area (Å²) in [6, 6.07) is 0. The average Bonchev–Trinajstić information content (AvgIpc) is 3.29. The molecule has 0 spiro atoms. The standard InChI is InChI=1S/C9H12O4.C7H10O3/c1-3-13-9(12)7(2)5-4-6-8(10)11;1-5(2)7(8)10-4-6-3-9-6/h4,6H,2-3,5H2,1H3,(H,10,11);6H,1,3-4H2,2H3. The number of carbonyl (C=O) groups excluding carboxylic acids is 2. The molecule has 0 amide bonds. The lowest BCUT2D eigenvalue weighted by Crippen LogP contribution is -2.09. The van der Waals surface area contributed by atoms with Crippen molar-refractivity contribution in [2.24, 2.45) is 0 Å². The molecule has 1 fully saturated rings. The highest BCUT2D eigenvalue weighted by Crippen LogP contribution is 2.09. The highest BCUT2D eigenvalue weighted by atomic mass is 16.6. The monoisotopic (exact) mass is 326 g/mol. The van der Waals surface area contributed by atoms with E-state index in [-0.39, 0.29) is 24.1 Å². The van der Waals surface area contributed by atoms with E-state index in [9.17, 15) is 14.4 Å². The van der Waals surface area contributed by atoms with Crippen molar-refractivity contribution in [3.05, 3.63) is 36.5 Å². The van der Waals surface area contributed by atoms with Gasteiger partial charge in [0.25, 0.3) is 0 Å². The van der Waals surface area contributed by atoms with E-state index < -0.39 is 11.9 Å². The van der Waals surface area contributed by atoms with E-state index in [0.29, 0.717) is 25.4 Å². The highest BCUT2D eigenvalue weighted by Gasteiger charge is 2.24. The average molecular weight is 326 g/mol. The van der Waals surface area contributed by atoms with Gasteiger partial charge < -0.3 is 19.3 Å². The normalized spacial score (nSPS) is 15.1. The zero-order chi connectivity index (χ0) is 17.8. The van der Waals surface area contributed by atoms with E-state index >= 15 is 0 Å². The Bertz CT molecular complexity index is 487. The summed E-state index contributed by atoms with van der Waals surface area (Å²) >= 11 is 0. The predicted molar refractivity (Wildman–Crippen MR) is 82.7 cm³/mol. The summed E-state index contributed by atoms with van der Waals surface area (Å²) in [7, 11) is 0. The highest BCUT2D eigenvalue weighted by molar-refractivity contribution is 5.88. The molecule has 7 nitrogen and oxygen atoms in total. The van der Waals surface area contributed by atoms with Crippen LogP contribution in [0.15, 0.2) is 36.5 Å². The van der Waals surface area contributed by atoms with Crippen LogP contribution in [-0.2, 0) is 28.6 Å². The number of hydrogen-bond acceptors (Lipinski definition) is 6. The topological polar surface area (TPSA) is 102 Å². The van der Waals surface area contributed by atoms with Crippen LogP contribution in [0.4, 0.5) is 0 Å². The number of hydrogen-bond donors (Lipinski definition) is 1. The fraction of sp³-hybridized carbons (Fsp3) is 0.438. The zero-order valence-electron chi connectivity index (χ0n) is 13.4. The Morgan fingerprint density at radius 2 is 1.87 bits per heavy atom. The van der Waals surface area contributed by atoms with Crippen LogP contribution in [0.5, 0.6) is 0 Å². The molecule has 7 heteroatoms. The minimum atomic E-state index is -1.04. The van der Waals surface area contributed by atoms with Gasteiger partial charge in [-0.25, -0.2) is 14.4 Å². The fourth-order valence-corrected chi connectivity index (χ4v) is 1.07. The Morgan fingerprint density at radius 3 is 2.30 bits per heavy atom. The van der Waals surface area contributed by atoms with Crippen LogP contribution in [0.3, 0.4) is 0 Å². The number of carbonyl (C=O) groups is 3. The van der Waals surface area contributed by atoms with Gasteiger partial charge in [-0.1, -0.05) is 19.2 Å². The third-order valence-corrected chi connectivity index (χ3v) is 2.34. The summed E-state index contributed by atoms with van der Waals surface area (Å²) < 4.78 is 14.2. The Hall–Kier alpha value is -2.41. The van der Waals surface area contributed by atoms with Crippen LogP contribution >= 0.6 is 0 Å². The molecule has 1 unspecified atom stereocenters. The first-order valence-corrected chi connectivity index (χ1v) is 6.96. The Morgan fingerprint density at radius 1 is 1.26 bits per heavy atom. The van der Waals surface area contributed by atoms with Crippen LogP contribution in [0.1, 0.15) is 20.3 Å². The molecule has 0 aromatic rings. The lowest BCUT2D eigenvalue weighted by atomic mass is 10.2. The van der Waals surface area contributed by atoms with E-state index in [0.717, 1.165) is 6.08 Å². The molecule has 1 atom stereocenters. The molecule has 0 aromatic carbocycles. The second kappa shape index (κ2) is 11.2. The third-order valence-electron chi connectivity index (χ3n) is 2.34. The largest absolute Gasteiger partial charge is 0.478 e. The van der Waals surface area contributed by atoms with Crippen molar-refractivity contribution in [1.82, 2.24) is 0 Å². The second-order valence-electron chi connectivity index (χ2n) is 4.60. The molecule has 128 valence electrons. The SMILES string of the molecule is C=C(C)C(=O)OCC1CO1.C=C(CC=CC(=O)O)C(=O)OCC. The smallest absolute Gasteiger partial charge is 0.333 e. The molecule has 1 N–H and O–H groups in total. The predicted octanol–water partition coefficient (Wildman–Crippen LogP) is 1.64. The molecule has 1 aliphatic heterocycles. The minimum Gasteiger partial charge on any atom is -0.478 e. The summed E-state index contributed by atoms with van der Waals surface area (Å²) in [5.74, 6) is -1.87. The molecule has 23 heavy (non-hydrogen) atoms. The number of epoxide rings is 1. The van der Waals surface area contributed by atoms with Crippen molar-refractivity contribution in [2.75, 3.05) is 19.8 Å². The van der Waals surface area contributed by atoms with Crippen LogP contribution in [0, 0.1) is 0 Å². The lowest BCUT2D eigenvalue weighted by Gasteiger charge is -2.00. The maximum Gasteiger partial charge on any atom is 0.333 e. The number of allylic oxidation sites excluding steroid dienone is 1. The van der Waals surface area contributed by atoms with E-state index in [1.54, 1.807) is 13.8 Å². The first-order valence-electron chi connectivity index (χ1n) is 6.96. The van der Waals surface area contributed by atoms with Gasteiger partial charge in [0, 0.05) is 17.2 Å². The van der Waals surface area contributed by atoms with Gasteiger partial charge in [-0.05, 0) is 20.3 Å². The molecule has 1 aliphatic rings. The van der Waals surface area contributed by atoms with E-state index in [4.69, 9.17) is 14.6 Å². The molecule has 0 aromatic heterocycles. The van der Waals surface area contributed by atoms with Gasteiger partial charge in [0.2, 0.25) is 0 Å². The van der Waals surface area contributed by atoms with Crippen molar-refractivity contribution in [2.45, 2.75) is 26.4 Å². The van der Waals surface area contributed by atoms with Gasteiger partial charge in [-0.3, -0.25) is 0 Å². The summed E-state index contributed by atoms with van der Waals surface area (Å²) in [6.07, 6.45) is 2.65. The first-order chi connectivity index (χ1) is 10.8. The summed E-state index contributed by atoms with van der Waals surface area (Å²) in [4.78, 5) is 31.7. The van der Waals surface area contributed by atoms with Crippen molar-refractivity contribution < 1.29 is 33.7 Å². The molecular formula is C16H22O7. The van der Waals surface area contributed by atoms with E-state index in [1.807, 2.05) is 0 Å². The number of carboxylic acids is 1. The van der Waals surface area contributed by atoms with Crippen LogP contribution < -0.4 is 0 Å². The minimum absolute atomic E-state index is 0.142. The fourth-order valence-electron chi connectivity index (χ4n) is 1.07. The van der Waals surface area contributed by atoms with Crippen LogP contribution in [0.25, 0.3) is 0 Å². The Kier molecular flexibility index (Phi) is 10.0. The number of carboxylic acid groups (broad SMARTS) is 1. The molecule has 1 rings (SSSR count). The number of aliphatic carboxylic acids is 1. The van der Waals surface area contributed by atoms with Gasteiger partial charge >= 0.3 is 17.9 Å². The molecule has 1 heterocycles. The van der Waals surface area contributed by atoms with Gasteiger partial charge in [0.1, 0.15) is 12.7 Å². The Balaban J connectivity index is 0.000000433. The van der Waals surface area contributed by atoms with E-state index in [1.165, 1.54) is 6.08 Å². The summed E-state index contributed by atoms with van der Waals surface area (Å²) in [5, 5.41) is 8.24. The maximum atomic E-state index is 10.9. The molecular weight excluding hydrogens is 304 g/mol. The second-order valence-corrected chi connectivity index (χ2v) is 4.60. The molecule has 0 radical (unpaired) electrons. The summed E-state index contributed by atoms with van der Waals surface area (Å²) in [5.41, 5.74) is 0.681. The number of esters is 2. The lowest BCUT2D eigenvalue weighted by molar-refractivity contribution is -0.139. The van der Waals surface area contributed by atoms with Crippen LogP contribution in [-0.4, -0.2) is 48.9 Å². The van der Waals surface area contributed by atoms with E-state index in [2.05, 4.69) is 17.9 Å². The molecule has 0 bridgehead atoms. The summed E-state index contributed by atoms with van der Waals surface area (Å²) in [6.45, 7) is 11.6.